The van der Waals surface area contributed by atoms with Gasteiger partial charge in [-0.1, -0.05) is 0 Å². The number of piperidine rings is 1. The Balaban J connectivity index is 2.07. The van der Waals surface area contributed by atoms with Gasteiger partial charge in [-0.25, -0.2) is 0 Å². The number of likely N-dealkylation sites (tertiary alicyclic amines) is 1. The fourth-order valence-corrected chi connectivity index (χ4v) is 3.40. The van der Waals surface area contributed by atoms with E-state index in [4.69, 9.17) is 0 Å². The summed E-state index contributed by atoms with van der Waals surface area (Å²) < 4.78 is 39.7. The molecule has 10 heteroatoms. The average molecular weight is 389 g/mol. The van der Waals surface area contributed by atoms with Crippen LogP contribution in [-0.2, 0) is 16.6 Å². The van der Waals surface area contributed by atoms with E-state index in [2.05, 4.69) is 10.4 Å². The maximum atomic E-state index is 12.9. The minimum absolute atomic E-state index is 0.0163. The lowest BCUT2D eigenvalue weighted by molar-refractivity contribution is -0.165. The summed E-state index contributed by atoms with van der Waals surface area (Å²) in [6.45, 7) is 0.852. The monoisotopic (exact) mass is 389 g/mol. The summed E-state index contributed by atoms with van der Waals surface area (Å²) >= 11 is 0. The van der Waals surface area contributed by atoms with Gasteiger partial charge >= 0.3 is 6.18 Å². The first-order chi connectivity index (χ1) is 12.7. The van der Waals surface area contributed by atoms with Crippen LogP contribution in [0, 0.1) is 5.92 Å². The minimum atomic E-state index is -4.44. The number of halogens is 3. The van der Waals surface area contributed by atoms with Crippen LogP contribution in [0.3, 0.4) is 0 Å². The molecule has 2 amide bonds. The molecule has 0 aromatic carbocycles. The molecule has 0 saturated carbocycles. The van der Waals surface area contributed by atoms with Crippen LogP contribution in [-0.4, -0.2) is 70.8 Å². The summed E-state index contributed by atoms with van der Waals surface area (Å²) in [5.41, 5.74) is 0.700. The number of nitrogens with one attached hydrogen (secondary N) is 1. The topological polar surface area (TPSA) is 70.5 Å². The Morgan fingerprint density at radius 1 is 1.44 bits per heavy atom. The smallest absolute Gasteiger partial charge is 0.340 e. The summed E-state index contributed by atoms with van der Waals surface area (Å²) in [7, 11) is 3.40. The molecule has 1 aromatic heterocycles. The standard InChI is InChI=1S/C17H26F3N5O2/c1-4-24(11-17(18,19)20)15(26)12-6-5-7-25(10-12)16(27)14(21-2)13-8-22-23(3)9-13/h8-9,12,14,21H,4-7,10-11H2,1-3H3. The van der Waals surface area contributed by atoms with Crippen molar-refractivity contribution in [2.24, 2.45) is 13.0 Å². The lowest BCUT2D eigenvalue weighted by atomic mass is 9.95. The van der Waals surface area contributed by atoms with Crippen LogP contribution >= 0.6 is 0 Å². The Morgan fingerprint density at radius 2 is 2.15 bits per heavy atom. The van der Waals surface area contributed by atoms with Gasteiger partial charge in [0.15, 0.2) is 0 Å². The van der Waals surface area contributed by atoms with Crippen LogP contribution in [0.2, 0.25) is 0 Å². The molecule has 0 bridgehead atoms. The van der Waals surface area contributed by atoms with Gasteiger partial charge < -0.3 is 15.1 Å². The average Bonchev–Trinajstić information content (AvgIpc) is 3.05. The van der Waals surface area contributed by atoms with Crippen molar-refractivity contribution < 1.29 is 22.8 Å². The van der Waals surface area contributed by atoms with E-state index < -0.39 is 30.6 Å². The largest absolute Gasteiger partial charge is 0.406 e. The fraction of sp³-hybridized carbons (Fsp3) is 0.706. The second-order valence-corrected chi connectivity index (χ2v) is 6.76. The summed E-state index contributed by atoms with van der Waals surface area (Å²) in [5, 5.41) is 7.01. The number of carbonyl (C=O) groups is 2. The van der Waals surface area contributed by atoms with Crippen LogP contribution in [0.25, 0.3) is 0 Å². The van der Waals surface area contributed by atoms with E-state index in [-0.39, 0.29) is 19.0 Å². The quantitative estimate of drug-likeness (QED) is 0.797. The van der Waals surface area contributed by atoms with Gasteiger partial charge in [0.1, 0.15) is 12.6 Å². The lowest BCUT2D eigenvalue weighted by Crippen LogP contribution is -2.50. The number of nitrogens with zero attached hydrogens (tertiary/aromatic N) is 4. The first-order valence-electron chi connectivity index (χ1n) is 8.96. The highest BCUT2D eigenvalue weighted by Gasteiger charge is 2.37. The van der Waals surface area contributed by atoms with Gasteiger partial charge in [-0.15, -0.1) is 0 Å². The van der Waals surface area contributed by atoms with Crippen LogP contribution in [0.4, 0.5) is 13.2 Å². The molecule has 1 N–H and O–H groups in total. The van der Waals surface area contributed by atoms with Crippen molar-refractivity contribution in [3.8, 4) is 0 Å². The number of aryl methyl sites for hydroxylation is 1. The van der Waals surface area contributed by atoms with Crippen LogP contribution in [0.15, 0.2) is 12.4 Å². The number of alkyl halides is 3. The summed E-state index contributed by atoms with van der Waals surface area (Å²) in [5.74, 6) is -1.37. The maximum Gasteiger partial charge on any atom is 0.406 e. The van der Waals surface area contributed by atoms with E-state index in [0.717, 1.165) is 4.90 Å². The molecule has 7 nitrogen and oxygen atoms in total. The third-order valence-corrected chi connectivity index (χ3v) is 4.74. The molecule has 152 valence electrons. The van der Waals surface area contributed by atoms with E-state index in [1.165, 1.54) is 6.92 Å². The highest BCUT2D eigenvalue weighted by Crippen LogP contribution is 2.24. The zero-order chi connectivity index (χ0) is 20.2. The first kappa shape index (κ1) is 21.2. The summed E-state index contributed by atoms with van der Waals surface area (Å²) in [4.78, 5) is 27.8. The predicted octanol–water partition coefficient (Wildman–Crippen LogP) is 1.33. The van der Waals surface area contributed by atoms with Crippen LogP contribution < -0.4 is 5.32 Å². The third-order valence-electron chi connectivity index (χ3n) is 4.74. The summed E-state index contributed by atoms with van der Waals surface area (Å²) in [6.07, 6.45) is -0.0573. The number of hydrogen-bond donors (Lipinski definition) is 1. The molecule has 1 aliphatic rings. The molecule has 2 rings (SSSR count). The molecule has 0 radical (unpaired) electrons. The van der Waals surface area contributed by atoms with E-state index >= 15 is 0 Å². The molecule has 1 aromatic rings. The number of carbonyl (C=O) groups excluding carboxylic acids is 2. The molecule has 2 unspecified atom stereocenters. The van der Waals surface area contributed by atoms with Crippen LogP contribution in [0.1, 0.15) is 31.4 Å². The van der Waals surface area contributed by atoms with Gasteiger partial charge in [0.2, 0.25) is 11.8 Å². The molecule has 2 atom stereocenters. The van der Waals surface area contributed by atoms with Gasteiger partial charge in [0.25, 0.3) is 0 Å². The predicted molar refractivity (Wildman–Crippen MR) is 92.6 cm³/mol. The van der Waals surface area contributed by atoms with Crippen LogP contribution in [0.5, 0.6) is 0 Å². The Bertz CT molecular complexity index is 661. The molecule has 27 heavy (non-hydrogen) atoms. The number of rotatable bonds is 6. The van der Waals surface area contributed by atoms with Gasteiger partial charge in [-0.2, -0.15) is 18.3 Å². The molecule has 2 heterocycles. The Hall–Kier alpha value is -2.10. The SMILES string of the molecule is CCN(CC(F)(F)F)C(=O)C1CCCN(C(=O)C(NC)c2cnn(C)c2)C1. The van der Waals surface area contributed by atoms with Crippen molar-refractivity contribution in [1.82, 2.24) is 24.9 Å². The van der Waals surface area contributed by atoms with Crippen molar-refractivity contribution in [1.29, 1.82) is 0 Å². The fourth-order valence-electron chi connectivity index (χ4n) is 3.40. The van der Waals surface area contributed by atoms with E-state index in [1.54, 1.807) is 36.1 Å². The third kappa shape index (κ3) is 5.44. The molecule has 0 aliphatic carbocycles. The molecule has 1 saturated heterocycles. The number of aromatic nitrogens is 2. The van der Waals surface area contributed by atoms with Crippen molar-refractivity contribution in [2.45, 2.75) is 32.0 Å². The van der Waals surface area contributed by atoms with Gasteiger partial charge in [0, 0.05) is 38.4 Å². The summed E-state index contributed by atoms with van der Waals surface area (Å²) in [6, 6.07) is -0.606. The second-order valence-electron chi connectivity index (χ2n) is 6.76. The number of hydrogen-bond acceptors (Lipinski definition) is 4. The Kier molecular flexibility index (Phi) is 6.85. The Labute approximate surface area is 156 Å². The second kappa shape index (κ2) is 8.73. The van der Waals surface area contributed by atoms with Gasteiger partial charge in [-0.3, -0.25) is 14.3 Å². The molecular formula is C17H26F3N5O2. The van der Waals surface area contributed by atoms with Gasteiger partial charge in [-0.05, 0) is 26.8 Å². The van der Waals surface area contributed by atoms with E-state index in [0.29, 0.717) is 24.9 Å². The zero-order valence-corrected chi connectivity index (χ0v) is 15.8. The Morgan fingerprint density at radius 3 is 2.67 bits per heavy atom. The van der Waals surface area contributed by atoms with Gasteiger partial charge in [0.05, 0.1) is 12.1 Å². The molecule has 1 aliphatic heterocycles. The number of amides is 2. The first-order valence-corrected chi connectivity index (χ1v) is 8.96. The van der Waals surface area contributed by atoms with Crippen molar-refractivity contribution >= 4 is 11.8 Å². The van der Waals surface area contributed by atoms with E-state index in [1.807, 2.05) is 0 Å². The maximum absolute atomic E-state index is 12.9. The molecular weight excluding hydrogens is 363 g/mol. The van der Waals surface area contributed by atoms with Crippen molar-refractivity contribution in [3.05, 3.63) is 18.0 Å². The lowest BCUT2D eigenvalue weighted by Gasteiger charge is -2.36. The van der Waals surface area contributed by atoms with Crippen molar-refractivity contribution in [2.75, 3.05) is 33.2 Å². The minimum Gasteiger partial charge on any atom is -0.340 e. The van der Waals surface area contributed by atoms with Crippen molar-refractivity contribution in [3.63, 3.8) is 0 Å². The number of likely N-dealkylation sites (N-methyl/N-ethyl adjacent to an activating group) is 1. The normalized spacial score (nSPS) is 19.0. The molecule has 1 fully saturated rings. The van der Waals surface area contributed by atoms with E-state index in [9.17, 15) is 22.8 Å². The zero-order valence-electron chi connectivity index (χ0n) is 15.8. The highest BCUT2D eigenvalue weighted by molar-refractivity contribution is 5.85. The molecule has 0 spiro atoms. The highest BCUT2D eigenvalue weighted by atomic mass is 19.4.